The van der Waals surface area contributed by atoms with Gasteiger partial charge in [-0.2, -0.15) is 0 Å². The number of ether oxygens (including phenoxy) is 1. The van der Waals surface area contributed by atoms with E-state index in [0.29, 0.717) is 6.42 Å². The van der Waals surface area contributed by atoms with Crippen LogP contribution >= 0.6 is 0 Å². The summed E-state index contributed by atoms with van der Waals surface area (Å²) in [6.45, 7) is 2.48. The molecule has 0 N–H and O–H groups in total. The van der Waals surface area contributed by atoms with E-state index in [1.165, 1.54) is 23.6 Å². The lowest BCUT2D eigenvalue weighted by atomic mass is 10.0. The molecule has 2 fully saturated rings. The van der Waals surface area contributed by atoms with Gasteiger partial charge in [0.2, 0.25) is 5.91 Å². The van der Waals surface area contributed by atoms with Crippen LogP contribution in [-0.2, 0) is 16.0 Å². The minimum atomic E-state index is 0.221. The van der Waals surface area contributed by atoms with Crippen LogP contribution < -0.4 is 0 Å². The van der Waals surface area contributed by atoms with Crippen molar-refractivity contribution >= 4 is 16.7 Å². The third-order valence-electron chi connectivity index (χ3n) is 4.98. The molecule has 1 aliphatic carbocycles. The average molecular weight is 309 g/mol. The zero-order valence-electron chi connectivity index (χ0n) is 13.4. The maximum absolute atomic E-state index is 12.6. The predicted octanol–water partition coefficient (Wildman–Crippen LogP) is 3.41. The zero-order chi connectivity index (χ0) is 15.6. The normalized spacial score (nSPS) is 21.0. The van der Waals surface area contributed by atoms with Crippen molar-refractivity contribution in [2.75, 3.05) is 19.7 Å². The first-order valence-corrected chi connectivity index (χ1v) is 8.65. The molecule has 0 aromatic heterocycles. The molecule has 4 rings (SSSR count). The third-order valence-corrected chi connectivity index (χ3v) is 4.98. The van der Waals surface area contributed by atoms with E-state index in [1.54, 1.807) is 0 Å². The molecular formula is C20H23NO2. The summed E-state index contributed by atoms with van der Waals surface area (Å²) in [5, 5.41) is 2.38. The number of rotatable bonds is 5. The van der Waals surface area contributed by atoms with Gasteiger partial charge < -0.3 is 9.64 Å². The Labute approximate surface area is 137 Å². The van der Waals surface area contributed by atoms with Gasteiger partial charge >= 0.3 is 0 Å². The summed E-state index contributed by atoms with van der Waals surface area (Å²) in [6, 6.07) is 14.5. The monoisotopic (exact) mass is 309 g/mol. The second-order valence-electron chi connectivity index (χ2n) is 6.84. The second kappa shape index (κ2) is 6.32. The molecule has 0 spiro atoms. The highest BCUT2D eigenvalue weighted by Crippen LogP contribution is 2.30. The molecule has 2 aromatic carbocycles. The Hall–Kier alpha value is -1.87. The lowest BCUT2D eigenvalue weighted by molar-refractivity contribution is -0.129. The lowest BCUT2D eigenvalue weighted by Gasteiger charge is -2.17. The molecule has 23 heavy (non-hydrogen) atoms. The van der Waals surface area contributed by atoms with Gasteiger partial charge in [0, 0.05) is 19.7 Å². The van der Waals surface area contributed by atoms with Gasteiger partial charge in [-0.1, -0.05) is 42.5 Å². The van der Waals surface area contributed by atoms with Crippen LogP contribution in [-0.4, -0.2) is 36.6 Å². The summed E-state index contributed by atoms with van der Waals surface area (Å²) in [5.41, 5.74) is 1.12. The largest absolute Gasteiger partial charge is 0.376 e. The Morgan fingerprint density at radius 2 is 1.91 bits per heavy atom. The summed E-state index contributed by atoms with van der Waals surface area (Å²) in [4.78, 5) is 14.6. The number of hydrogen-bond acceptors (Lipinski definition) is 2. The molecular weight excluding hydrogens is 286 g/mol. The summed E-state index contributed by atoms with van der Waals surface area (Å²) in [6.07, 6.45) is 4.34. The average Bonchev–Trinajstić information content (AvgIpc) is 3.29. The molecule has 0 radical (unpaired) electrons. The molecule has 1 saturated carbocycles. The number of carbonyl (C=O) groups excluding carboxylic acids is 1. The first kappa shape index (κ1) is 14.7. The van der Waals surface area contributed by atoms with E-state index < -0.39 is 0 Å². The number of carbonyl (C=O) groups is 1. The molecule has 1 heterocycles. The maximum Gasteiger partial charge on any atom is 0.227 e. The van der Waals surface area contributed by atoms with Crippen LogP contribution in [0.3, 0.4) is 0 Å². The fourth-order valence-electron chi connectivity index (χ4n) is 3.37. The number of amides is 1. The Bertz CT molecular complexity index is 702. The van der Waals surface area contributed by atoms with Gasteiger partial charge in [0.25, 0.3) is 0 Å². The van der Waals surface area contributed by atoms with Crippen molar-refractivity contribution in [3.05, 3.63) is 48.0 Å². The van der Waals surface area contributed by atoms with E-state index in [9.17, 15) is 4.79 Å². The number of likely N-dealkylation sites (tertiary alicyclic amines) is 1. The van der Waals surface area contributed by atoms with E-state index in [-0.39, 0.29) is 12.0 Å². The molecule has 1 unspecified atom stereocenters. The van der Waals surface area contributed by atoms with Crippen LogP contribution in [0.15, 0.2) is 42.5 Å². The van der Waals surface area contributed by atoms with Gasteiger partial charge in [-0.15, -0.1) is 0 Å². The quantitative estimate of drug-likeness (QED) is 0.847. The van der Waals surface area contributed by atoms with Crippen LogP contribution in [0.1, 0.15) is 24.8 Å². The standard InChI is InChI=1S/C20H23NO2/c22-20(21-11-10-18(13-21)23-14-15-8-9-15)12-17-6-3-5-16-4-1-2-7-19(16)17/h1-7,15,18H,8-14H2. The number of nitrogens with zero attached hydrogens (tertiary/aromatic N) is 1. The second-order valence-corrected chi connectivity index (χ2v) is 6.84. The molecule has 2 aromatic rings. The fourth-order valence-corrected chi connectivity index (χ4v) is 3.37. The Morgan fingerprint density at radius 1 is 1.09 bits per heavy atom. The van der Waals surface area contributed by atoms with Crippen molar-refractivity contribution in [1.82, 2.24) is 4.90 Å². The van der Waals surface area contributed by atoms with Crippen molar-refractivity contribution in [3.8, 4) is 0 Å². The molecule has 1 aliphatic heterocycles. The fraction of sp³-hybridized carbons (Fsp3) is 0.450. The van der Waals surface area contributed by atoms with Crippen LogP contribution in [0.5, 0.6) is 0 Å². The van der Waals surface area contributed by atoms with E-state index >= 15 is 0 Å². The van der Waals surface area contributed by atoms with Crippen molar-refractivity contribution in [2.24, 2.45) is 5.92 Å². The number of fused-ring (bicyclic) bond motifs is 1. The first-order valence-electron chi connectivity index (χ1n) is 8.65. The van der Waals surface area contributed by atoms with E-state index in [1.807, 2.05) is 23.1 Å². The van der Waals surface area contributed by atoms with Gasteiger partial charge in [-0.3, -0.25) is 4.79 Å². The van der Waals surface area contributed by atoms with Gasteiger partial charge in [0.15, 0.2) is 0 Å². The predicted molar refractivity (Wildman–Crippen MR) is 91.3 cm³/mol. The molecule has 0 bridgehead atoms. The van der Waals surface area contributed by atoms with Gasteiger partial charge in [0.1, 0.15) is 0 Å². The summed E-state index contributed by atoms with van der Waals surface area (Å²) < 4.78 is 5.93. The summed E-state index contributed by atoms with van der Waals surface area (Å²) in [7, 11) is 0. The smallest absolute Gasteiger partial charge is 0.227 e. The van der Waals surface area contributed by atoms with E-state index in [4.69, 9.17) is 4.74 Å². The van der Waals surface area contributed by atoms with Crippen molar-refractivity contribution in [1.29, 1.82) is 0 Å². The third kappa shape index (κ3) is 3.40. The molecule has 2 aliphatic rings. The van der Waals surface area contributed by atoms with Crippen LogP contribution in [0.4, 0.5) is 0 Å². The molecule has 3 heteroatoms. The van der Waals surface area contributed by atoms with E-state index in [0.717, 1.165) is 37.6 Å². The van der Waals surface area contributed by atoms with Crippen LogP contribution in [0.2, 0.25) is 0 Å². The topological polar surface area (TPSA) is 29.5 Å². The van der Waals surface area contributed by atoms with Gasteiger partial charge in [-0.25, -0.2) is 0 Å². The minimum absolute atomic E-state index is 0.221. The molecule has 1 saturated heterocycles. The Morgan fingerprint density at radius 3 is 2.78 bits per heavy atom. The highest BCUT2D eigenvalue weighted by atomic mass is 16.5. The molecule has 3 nitrogen and oxygen atoms in total. The molecule has 1 amide bonds. The maximum atomic E-state index is 12.6. The van der Waals surface area contributed by atoms with E-state index in [2.05, 4.69) is 24.3 Å². The van der Waals surface area contributed by atoms with Crippen molar-refractivity contribution < 1.29 is 9.53 Å². The number of hydrogen-bond donors (Lipinski definition) is 0. The molecule has 1 atom stereocenters. The lowest BCUT2D eigenvalue weighted by Crippen LogP contribution is -2.31. The first-order chi connectivity index (χ1) is 11.3. The van der Waals surface area contributed by atoms with Crippen LogP contribution in [0, 0.1) is 5.92 Å². The molecule has 120 valence electrons. The Balaban J connectivity index is 1.39. The van der Waals surface area contributed by atoms with Gasteiger partial charge in [-0.05, 0) is 41.5 Å². The van der Waals surface area contributed by atoms with Crippen LogP contribution in [0.25, 0.3) is 10.8 Å². The highest BCUT2D eigenvalue weighted by Gasteiger charge is 2.29. The van der Waals surface area contributed by atoms with Gasteiger partial charge in [0.05, 0.1) is 12.5 Å². The highest BCUT2D eigenvalue weighted by molar-refractivity contribution is 5.90. The Kier molecular flexibility index (Phi) is 4.04. The minimum Gasteiger partial charge on any atom is -0.376 e. The zero-order valence-corrected chi connectivity index (χ0v) is 13.4. The SMILES string of the molecule is O=C(Cc1cccc2ccccc12)N1CCC(OCC2CC2)C1. The van der Waals surface area contributed by atoms with Crippen molar-refractivity contribution in [3.63, 3.8) is 0 Å². The summed E-state index contributed by atoms with van der Waals surface area (Å²) >= 11 is 0. The number of benzene rings is 2. The van der Waals surface area contributed by atoms with Crippen molar-refractivity contribution in [2.45, 2.75) is 31.8 Å². The summed E-state index contributed by atoms with van der Waals surface area (Å²) in [5.74, 6) is 1.01.